The van der Waals surface area contributed by atoms with E-state index in [9.17, 15) is 9.59 Å². The third-order valence-corrected chi connectivity index (χ3v) is 2.90. The monoisotopic (exact) mass is 249 g/mol. The first-order valence-electron chi connectivity index (χ1n) is 5.08. The van der Waals surface area contributed by atoms with Crippen molar-refractivity contribution in [3.63, 3.8) is 0 Å². The van der Waals surface area contributed by atoms with Gasteiger partial charge in [-0.25, -0.2) is 4.79 Å². The van der Waals surface area contributed by atoms with E-state index >= 15 is 0 Å². The minimum Gasteiger partial charge on any atom is -0.408 e. The smallest absolute Gasteiger partial charge is 0.408 e. The molecular weight excluding hydrogens is 238 g/mol. The Morgan fingerprint density at radius 3 is 3.12 bits per heavy atom. The van der Waals surface area contributed by atoms with Gasteiger partial charge in [0.15, 0.2) is 10.7 Å². The molecule has 2 rings (SSSR count). The van der Waals surface area contributed by atoms with Gasteiger partial charge in [-0.15, -0.1) is 0 Å². The summed E-state index contributed by atoms with van der Waals surface area (Å²) in [6.45, 7) is 1.54. The molecule has 0 amide bonds. The van der Waals surface area contributed by atoms with Gasteiger partial charge in [0.2, 0.25) is 0 Å². The van der Waals surface area contributed by atoms with Crippen LogP contribution in [0.15, 0.2) is 33.5 Å². The van der Waals surface area contributed by atoms with Gasteiger partial charge < -0.3 is 4.42 Å². The Balaban J connectivity index is 2.13. The molecule has 5 heteroatoms. The van der Waals surface area contributed by atoms with Crippen LogP contribution in [-0.2, 0) is 4.79 Å². The number of thioether (sulfide) groups is 1. The number of hydrogen-bond donors (Lipinski definition) is 1. The van der Waals surface area contributed by atoms with Gasteiger partial charge in [0.25, 0.3) is 0 Å². The second kappa shape index (κ2) is 5.05. The number of H-pyrrole nitrogens is 1. The topological polar surface area (TPSA) is 63.1 Å². The van der Waals surface area contributed by atoms with Crippen LogP contribution in [0.5, 0.6) is 0 Å². The van der Waals surface area contributed by atoms with Crippen molar-refractivity contribution < 1.29 is 9.21 Å². The number of nitrogens with one attached hydrogen (secondary N) is 1. The van der Waals surface area contributed by atoms with Crippen molar-refractivity contribution in [1.82, 2.24) is 4.98 Å². The fourth-order valence-electron chi connectivity index (χ4n) is 1.42. The van der Waals surface area contributed by atoms with Crippen LogP contribution in [0.1, 0.15) is 12.5 Å². The van der Waals surface area contributed by atoms with E-state index in [4.69, 9.17) is 4.42 Å². The van der Waals surface area contributed by atoms with Crippen LogP contribution in [0.2, 0.25) is 0 Å². The van der Waals surface area contributed by atoms with E-state index in [-0.39, 0.29) is 5.12 Å². The van der Waals surface area contributed by atoms with Gasteiger partial charge in [0.05, 0.1) is 5.52 Å². The first-order valence-corrected chi connectivity index (χ1v) is 6.06. The van der Waals surface area contributed by atoms with Gasteiger partial charge in [-0.1, -0.05) is 30.0 Å². The van der Waals surface area contributed by atoms with Crippen LogP contribution in [0.4, 0.5) is 0 Å². The summed E-state index contributed by atoms with van der Waals surface area (Å²) in [6.07, 6.45) is 3.79. The summed E-state index contributed by atoms with van der Waals surface area (Å²) in [5, 5.41) is 0.0988. The van der Waals surface area contributed by atoms with Gasteiger partial charge in [0.1, 0.15) is 0 Å². The molecule has 0 bridgehead atoms. The molecule has 0 unspecified atom stereocenters. The first kappa shape index (κ1) is 11.7. The number of oxazole rings is 1. The maximum Gasteiger partial charge on any atom is 0.417 e. The standard InChI is InChI=1S/C12H11NO3S/c1-8(14)17-6-2-3-9-4-5-10-11(7-9)16-12(15)13-10/h2-5,7H,6H2,1H3,(H,13,15). The van der Waals surface area contributed by atoms with Crippen molar-refractivity contribution in [1.29, 1.82) is 0 Å². The molecule has 17 heavy (non-hydrogen) atoms. The van der Waals surface area contributed by atoms with Gasteiger partial charge in [-0.05, 0) is 17.7 Å². The molecule has 0 radical (unpaired) electrons. The predicted octanol–water partition coefficient (Wildman–Crippen LogP) is 2.41. The van der Waals surface area contributed by atoms with Crippen molar-refractivity contribution in [2.75, 3.05) is 5.75 Å². The molecule has 0 spiro atoms. The lowest BCUT2D eigenvalue weighted by atomic mass is 10.2. The van der Waals surface area contributed by atoms with E-state index in [2.05, 4.69) is 4.98 Å². The van der Waals surface area contributed by atoms with Crippen LogP contribution in [0.3, 0.4) is 0 Å². The summed E-state index contributed by atoms with van der Waals surface area (Å²) in [5.41, 5.74) is 2.16. The zero-order valence-corrected chi connectivity index (χ0v) is 10.0. The number of carbonyl (C=O) groups is 1. The van der Waals surface area contributed by atoms with E-state index in [1.54, 1.807) is 19.1 Å². The third-order valence-electron chi connectivity index (χ3n) is 2.14. The summed E-state index contributed by atoms with van der Waals surface area (Å²) in [5.74, 6) is 0.193. The molecule has 1 heterocycles. The van der Waals surface area contributed by atoms with E-state index < -0.39 is 5.76 Å². The van der Waals surface area contributed by atoms with Crippen LogP contribution in [0.25, 0.3) is 17.2 Å². The average molecular weight is 249 g/mol. The molecule has 1 aromatic carbocycles. The minimum atomic E-state index is -0.451. The summed E-state index contributed by atoms with van der Waals surface area (Å²) in [6, 6.07) is 5.45. The fraction of sp³-hybridized carbons (Fsp3) is 0.167. The van der Waals surface area contributed by atoms with Gasteiger partial charge in [-0.2, -0.15) is 0 Å². The first-order chi connectivity index (χ1) is 8.15. The van der Waals surface area contributed by atoms with Crippen molar-refractivity contribution in [3.05, 3.63) is 40.4 Å². The molecule has 0 aliphatic rings. The second-order valence-electron chi connectivity index (χ2n) is 3.48. The Morgan fingerprint density at radius 2 is 2.35 bits per heavy atom. The zero-order valence-electron chi connectivity index (χ0n) is 9.23. The summed E-state index contributed by atoms with van der Waals surface area (Å²) < 4.78 is 4.95. The molecule has 0 aliphatic carbocycles. The lowest BCUT2D eigenvalue weighted by Crippen LogP contribution is -1.92. The largest absolute Gasteiger partial charge is 0.417 e. The summed E-state index contributed by atoms with van der Waals surface area (Å²) >= 11 is 1.25. The number of aromatic nitrogens is 1. The normalized spacial score (nSPS) is 11.4. The van der Waals surface area contributed by atoms with Crippen LogP contribution in [-0.4, -0.2) is 15.9 Å². The molecule has 0 saturated heterocycles. The maximum absolute atomic E-state index is 11.0. The summed E-state index contributed by atoms with van der Waals surface area (Å²) in [4.78, 5) is 24.2. The number of fused-ring (bicyclic) bond motifs is 1. The molecule has 0 fully saturated rings. The Hall–Kier alpha value is -1.75. The quantitative estimate of drug-likeness (QED) is 0.907. The van der Waals surface area contributed by atoms with Gasteiger partial charge in [-0.3, -0.25) is 9.78 Å². The van der Waals surface area contributed by atoms with Crippen molar-refractivity contribution in [2.24, 2.45) is 0 Å². The van der Waals surface area contributed by atoms with E-state index in [1.807, 2.05) is 18.2 Å². The Kier molecular flexibility index (Phi) is 3.49. The van der Waals surface area contributed by atoms with Crippen LogP contribution >= 0.6 is 11.8 Å². The highest BCUT2D eigenvalue weighted by molar-refractivity contribution is 8.13. The highest BCUT2D eigenvalue weighted by atomic mass is 32.2. The number of rotatable bonds is 3. The SMILES string of the molecule is CC(=O)SCC=Cc1ccc2[nH]c(=O)oc2c1. The van der Waals surface area contributed by atoms with Crippen molar-refractivity contribution in [2.45, 2.75) is 6.92 Å². The van der Waals surface area contributed by atoms with Gasteiger partial charge in [0, 0.05) is 12.7 Å². The Labute approximate surface area is 102 Å². The Morgan fingerprint density at radius 1 is 1.53 bits per heavy atom. The van der Waals surface area contributed by atoms with E-state index in [0.717, 1.165) is 5.56 Å². The molecule has 4 nitrogen and oxygen atoms in total. The molecule has 0 saturated carbocycles. The number of aromatic amines is 1. The number of carbonyl (C=O) groups excluding carboxylic acids is 1. The predicted molar refractivity (Wildman–Crippen MR) is 69.0 cm³/mol. The zero-order chi connectivity index (χ0) is 12.3. The molecule has 1 N–H and O–H groups in total. The highest BCUT2D eigenvalue weighted by Crippen LogP contribution is 2.14. The Bertz CT molecular complexity index is 624. The minimum absolute atomic E-state index is 0.0988. The molecule has 88 valence electrons. The molecular formula is C12H11NO3S. The molecule has 2 aromatic rings. The maximum atomic E-state index is 11.0. The van der Waals surface area contributed by atoms with E-state index in [1.165, 1.54) is 11.8 Å². The average Bonchev–Trinajstić information content (AvgIpc) is 2.63. The molecule has 1 aromatic heterocycles. The molecule has 0 aliphatic heterocycles. The fourth-order valence-corrected chi connectivity index (χ4v) is 1.84. The number of benzene rings is 1. The van der Waals surface area contributed by atoms with E-state index in [0.29, 0.717) is 16.9 Å². The molecule has 0 atom stereocenters. The number of hydrogen-bond acceptors (Lipinski definition) is 4. The lowest BCUT2D eigenvalue weighted by molar-refractivity contribution is -0.109. The van der Waals surface area contributed by atoms with Crippen LogP contribution < -0.4 is 5.76 Å². The lowest BCUT2D eigenvalue weighted by Gasteiger charge is -1.93. The van der Waals surface area contributed by atoms with Crippen LogP contribution in [0, 0.1) is 0 Å². The summed E-state index contributed by atoms with van der Waals surface area (Å²) in [7, 11) is 0. The van der Waals surface area contributed by atoms with Crippen molar-refractivity contribution >= 4 is 34.1 Å². The third kappa shape index (κ3) is 3.10. The highest BCUT2D eigenvalue weighted by Gasteiger charge is 2.00. The van der Waals surface area contributed by atoms with Gasteiger partial charge >= 0.3 is 5.76 Å². The second-order valence-corrected chi connectivity index (χ2v) is 4.67. The van der Waals surface area contributed by atoms with Crippen molar-refractivity contribution in [3.8, 4) is 0 Å².